The molecule has 19 heavy (non-hydrogen) atoms. The highest BCUT2D eigenvalue weighted by Gasteiger charge is 2.57. The number of aliphatic carboxylic acids is 1. The van der Waals surface area contributed by atoms with Crippen LogP contribution in [0.1, 0.15) is 24.8 Å². The van der Waals surface area contributed by atoms with Crippen LogP contribution in [-0.4, -0.2) is 23.3 Å². The molecule has 2 bridgehead atoms. The van der Waals surface area contributed by atoms with E-state index in [4.69, 9.17) is 4.74 Å². The molecule has 0 spiro atoms. The first-order valence-corrected chi connectivity index (χ1v) is 6.34. The van der Waals surface area contributed by atoms with Crippen LogP contribution in [-0.2, 0) is 16.0 Å². The monoisotopic (exact) mass is 268 g/mol. The second-order valence-corrected chi connectivity index (χ2v) is 5.40. The number of fused-ring (bicyclic) bond motifs is 2. The minimum absolute atomic E-state index is 0.0207. The van der Waals surface area contributed by atoms with Gasteiger partial charge in [0.2, 0.25) is 0 Å². The third-order valence-electron chi connectivity index (χ3n) is 4.26. The molecule has 2 fully saturated rings. The molecule has 0 aliphatic carbocycles. The van der Waals surface area contributed by atoms with Crippen molar-refractivity contribution in [3.05, 3.63) is 35.4 Å². The molecule has 3 nitrogen and oxygen atoms in total. The van der Waals surface area contributed by atoms with Crippen LogP contribution in [0.3, 0.4) is 0 Å². The van der Waals surface area contributed by atoms with Gasteiger partial charge in [-0.3, -0.25) is 4.79 Å². The third kappa shape index (κ3) is 1.92. The Labute approximate surface area is 109 Å². The lowest BCUT2D eigenvalue weighted by Gasteiger charge is -2.31. The van der Waals surface area contributed by atoms with Crippen molar-refractivity contribution in [2.45, 2.75) is 37.9 Å². The lowest BCUT2D eigenvalue weighted by atomic mass is 9.70. The van der Waals surface area contributed by atoms with E-state index in [1.807, 2.05) is 0 Å². The molecule has 3 rings (SSSR count). The molecule has 1 aromatic carbocycles. The summed E-state index contributed by atoms with van der Waals surface area (Å²) in [5, 5.41) is 9.51. The van der Waals surface area contributed by atoms with E-state index in [1.165, 1.54) is 0 Å². The van der Waals surface area contributed by atoms with Crippen LogP contribution < -0.4 is 0 Å². The molecule has 2 saturated heterocycles. The molecular weight excluding hydrogens is 254 g/mol. The smallest absolute Gasteiger partial charge is 0.312 e. The van der Waals surface area contributed by atoms with Crippen molar-refractivity contribution in [3.63, 3.8) is 0 Å². The normalized spacial score (nSPS) is 32.7. The van der Waals surface area contributed by atoms with Crippen molar-refractivity contribution in [2.75, 3.05) is 0 Å². The largest absolute Gasteiger partial charge is 0.481 e. The van der Waals surface area contributed by atoms with Gasteiger partial charge in [0.15, 0.2) is 0 Å². The SMILES string of the molecule is O=C(O)C1(Cc2cc(F)ccc2F)CC2CCC1O2. The summed E-state index contributed by atoms with van der Waals surface area (Å²) < 4.78 is 32.5. The summed E-state index contributed by atoms with van der Waals surface area (Å²) in [7, 11) is 0. The number of benzene rings is 1. The summed E-state index contributed by atoms with van der Waals surface area (Å²) in [5.41, 5.74) is -1.00. The molecule has 3 atom stereocenters. The van der Waals surface area contributed by atoms with E-state index >= 15 is 0 Å². The van der Waals surface area contributed by atoms with Crippen LogP contribution in [0.4, 0.5) is 8.78 Å². The Balaban J connectivity index is 1.95. The number of carboxylic acids is 1. The van der Waals surface area contributed by atoms with Crippen molar-refractivity contribution >= 4 is 5.97 Å². The summed E-state index contributed by atoms with van der Waals surface area (Å²) in [6.45, 7) is 0. The number of ether oxygens (including phenoxy) is 1. The van der Waals surface area contributed by atoms with E-state index < -0.39 is 29.1 Å². The summed E-state index contributed by atoms with van der Waals surface area (Å²) in [6.07, 6.45) is 1.44. The van der Waals surface area contributed by atoms with Gasteiger partial charge in [-0.15, -0.1) is 0 Å². The van der Waals surface area contributed by atoms with Crippen LogP contribution in [0.5, 0.6) is 0 Å². The lowest BCUT2D eigenvalue weighted by molar-refractivity contribution is -0.152. The number of rotatable bonds is 3. The molecule has 0 radical (unpaired) electrons. The van der Waals surface area contributed by atoms with E-state index in [0.717, 1.165) is 24.6 Å². The molecular formula is C14H14F2O3. The molecule has 102 valence electrons. The Morgan fingerprint density at radius 1 is 1.42 bits per heavy atom. The van der Waals surface area contributed by atoms with Gasteiger partial charge in [-0.05, 0) is 49.4 Å². The van der Waals surface area contributed by atoms with Crippen LogP contribution in [0, 0.1) is 17.0 Å². The number of carboxylic acid groups (broad SMARTS) is 1. The van der Waals surface area contributed by atoms with Gasteiger partial charge in [-0.25, -0.2) is 8.78 Å². The van der Waals surface area contributed by atoms with Gasteiger partial charge in [0.25, 0.3) is 0 Å². The summed E-state index contributed by atoms with van der Waals surface area (Å²) >= 11 is 0. The van der Waals surface area contributed by atoms with E-state index in [1.54, 1.807) is 0 Å². The molecule has 2 heterocycles. The van der Waals surface area contributed by atoms with Crippen molar-refractivity contribution in [1.29, 1.82) is 0 Å². The fourth-order valence-electron chi connectivity index (χ4n) is 3.31. The first-order chi connectivity index (χ1) is 9.01. The molecule has 1 N–H and O–H groups in total. The minimum atomic E-state index is -1.11. The second kappa shape index (κ2) is 4.27. The van der Waals surface area contributed by atoms with Gasteiger partial charge in [0, 0.05) is 0 Å². The molecule has 0 aromatic heterocycles. The number of carbonyl (C=O) groups is 1. The van der Waals surface area contributed by atoms with Crippen LogP contribution >= 0.6 is 0 Å². The van der Waals surface area contributed by atoms with E-state index in [9.17, 15) is 18.7 Å². The van der Waals surface area contributed by atoms with Crippen molar-refractivity contribution in [1.82, 2.24) is 0 Å². The highest BCUT2D eigenvalue weighted by atomic mass is 19.1. The van der Waals surface area contributed by atoms with Crippen molar-refractivity contribution < 1.29 is 23.4 Å². The Morgan fingerprint density at radius 2 is 2.21 bits per heavy atom. The number of hydrogen-bond donors (Lipinski definition) is 1. The highest BCUT2D eigenvalue weighted by molar-refractivity contribution is 5.76. The standard InChI is InChI=1S/C14H14F2O3/c15-9-1-3-11(16)8(5-9)6-14(13(17)18)7-10-2-4-12(14)19-10/h1,3,5,10,12H,2,4,6-7H2,(H,17,18). The highest BCUT2D eigenvalue weighted by Crippen LogP contribution is 2.50. The fourth-order valence-corrected chi connectivity index (χ4v) is 3.31. The molecule has 2 aliphatic heterocycles. The van der Waals surface area contributed by atoms with Crippen molar-refractivity contribution in [3.8, 4) is 0 Å². The van der Waals surface area contributed by atoms with Crippen molar-refractivity contribution in [2.24, 2.45) is 5.41 Å². The maximum atomic E-state index is 13.7. The van der Waals surface area contributed by atoms with Gasteiger partial charge >= 0.3 is 5.97 Å². The predicted molar refractivity (Wildman–Crippen MR) is 62.6 cm³/mol. The predicted octanol–water partition coefficient (Wildman–Crippen LogP) is 2.53. The number of halogens is 2. The Kier molecular flexibility index (Phi) is 2.82. The molecule has 2 aliphatic rings. The van der Waals surface area contributed by atoms with Crippen LogP contribution in [0.2, 0.25) is 0 Å². The molecule has 0 amide bonds. The first-order valence-electron chi connectivity index (χ1n) is 6.34. The van der Waals surface area contributed by atoms with E-state index in [0.29, 0.717) is 12.8 Å². The molecule has 0 saturated carbocycles. The average molecular weight is 268 g/mol. The molecule has 3 unspecified atom stereocenters. The minimum Gasteiger partial charge on any atom is -0.481 e. The molecule has 1 aromatic rings. The zero-order valence-electron chi connectivity index (χ0n) is 10.2. The van der Waals surface area contributed by atoms with E-state index in [-0.39, 0.29) is 18.1 Å². The van der Waals surface area contributed by atoms with E-state index in [2.05, 4.69) is 0 Å². The molecule has 5 heteroatoms. The number of hydrogen-bond acceptors (Lipinski definition) is 2. The summed E-state index contributed by atoms with van der Waals surface area (Å²) in [4.78, 5) is 11.6. The van der Waals surface area contributed by atoms with Crippen LogP contribution in [0.25, 0.3) is 0 Å². The van der Waals surface area contributed by atoms with Crippen LogP contribution in [0.15, 0.2) is 18.2 Å². The fraction of sp³-hybridized carbons (Fsp3) is 0.500. The quantitative estimate of drug-likeness (QED) is 0.916. The van der Waals surface area contributed by atoms with Gasteiger partial charge in [0.1, 0.15) is 17.0 Å². The third-order valence-corrected chi connectivity index (χ3v) is 4.26. The maximum absolute atomic E-state index is 13.7. The van der Waals surface area contributed by atoms with Gasteiger partial charge in [-0.2, -0.15) is 0 Å². The van der Waals surface area contributed by atoms with Gasteiger partial charge in [-0.1, -0.05) is 0 Å². The topological polar surface area (TPSA) is 46.5 Å². The second-order valence-electron chi connectivity index (χ2n) is 5.40. The Morgan fingerprint density at radius 3 is 2.79 bits per heavy atom. The average Bonchev–Trinajstić information content (AvgIpc) is 2.94. The zero-order chi connectivity index (χ0) is 13.6. The summed E-state index contributed by atoms with van der Waals surface area (Å²) in [5.74, 6) is -2.10. The maximum Gasteiger partial charge on any atom is 0.312 e. The first kappa shape index (κ1) is 12.5. The Hall–Kier alpha value is -1.49. The van der Waals surface area contributed by atoms with Gasteiger partial charge < -0.3 is 9.84 Å². The summed E-state index contributed by atoms with van der Waals surface area (Å²) in [6, 6.07) is 3.14. The van der Waals surface area contributed by atoms with Gasteiger partial charge in [0.05, 0.1) is 12.2 Å². The lowest BCUT2D eigenvalue weighted by Crippen LogP contribution is -2.42. The Bertz CT molecular complexity index is 531. The zero-order valence-corrected chi connectivity index (χ0v) is 10.2.